The Morgan fingerprint density at radius 3 is 2.71 bits per heavy atom. The SMILES string of the molecule is C/C=C/C=C/C(=O)NNC(=O)c1cnccn1. The first kappa shape index (κ1) is 12.6. The summed E-state index contributed by atoms with van der Waals surface area (Å²) in [6.07, 6.45) is 10.5. The highest BCUT2D eigenvalue weighted by Gasteiger charge is 2.06. The number of allylic oxidation sites excluding steroid dienone is 3. The standard InChI is InChI=1S/C11H12N4O2/c1-2-3-4-5-10(16)14-15-11(17)9-8-12-6-7-13-9/h2-8H,1H3,(H,14,16)(H,15,17)/b3-2+,5-4+. The highest BCUT2D eigenvalue weighted by atomic mass is 16.2. The average molecular weight is 232 g/mol. The van der Waals surface area contributed by atoms with Gasteiger partial charge in [-0.3, -0.25) is 25.4 Å². The fourth-order valence-electron chi connectivity index (χ4n) is 0.894. The maximum absolute atomic E-state index is 11.4. The van der Waals surface area contributed by atoms with E-state index in [9.17, 15) is 9.59 Å². The summed E-state index contributed by atoms with van der Waals surface area (Å²) < 4.78 is 0. The summed E-state index contributed by atoms with van der Waals surface area (Å²) in [5.74, 6) is -0.953. The molecule has 0 aliphatic carbocycles. The van der Waals surface area contributed by atoms with E-state index in [0.29, 0.717) is 0 Å². The molecule has 0 saturated carbocycles. The van der Waals surface area contributed by atoms with Crippen LogP contribution in [-0.4, -0.2) is 21.8 Å². The van der Waals surface area contributed by atoms with Crippen LogP contribution in [0.25, 0.3) is 0 Å². The Morgan fingerprint density at radius 2 is 2.06 bits per heavy atom. The van der Waals surface area contributed by atoms with Gasteiger partial charge < -0.3 is 0 Å². The summed E-state index contributed by atoms with van der Waals surface area (Å²) >= 11 is 0. The van der Waals surface area contributed by atoms with E-state index in [4.69, 9.17) is 0 Å². The quantitative estimate of drug-likeness (QED) is 0.448. The average Bonchev–Trinajstić information content (AvgIpc) is 2.37. The molecule has 0 bridgehead atoms. The third-order valence-corrected chi connectivity index (χ3v) is 1.65. The molecule has 0 aliphatic rings. The van der Waals surface area contributed by atoms with E-state index in [-0.39, 0.29) is 5.69 Å². The lowest BCUT2D eigenvalue weighted by Crippen LogP contribution is -2.41. The van der Waals surface area contributed by atoms with Gasteiger partial charge in [-0.1, -0.05) is 18.2 Å². The monoisotopic (exact) mass is 232 g/mol. The minimum Gasteiger partial charge on any atom is -0.268 e. The van der Waals surface area contributed by atoms with Gasteiger partial charge in [-0.05, 0) is 6.92 Å². The first-order chi connectivity index (χ1) is 8.24. The molecule has 6 heteroatoms. The number of amides is 2. The lowest BCUT2D eigenvalue weighted by Gasteiger charge is -2.03. The molecule has 0 atom stereocenters. The van der Waals surface area contributed by atoms with Gasteiger partial charge in [0.25, 0.3) is 11.8 Å². The number of nitrogens with one attached hydrogen (secondary N) is 2. The summed E-state index contributed by atoms with van der Waals surface area (Å²) in [7, 11) is 0. The molecule has 17 heavy (non-hydrogen) atoms. The number of aromatic nitrogens is 2. The Hall–Kier alpha value is -2.50. The lowest BCUT2D eigenvalue weighted by atomic mass is 10.4. The minimum atomic E-state index is -0.522. The van der Waals surface area contributed by atoms with Crippen LogP contribution in [0, 0.1) is 0 Å². The molecule has 1 heterocycles. The molecular formula is C11H12N4O2. The first-order valence-corrected chi connectivity index (χ1v) is 4.89. The maximum atomic E-state index is 11.4. The van der Waals surface area contributed by atoms with E-state index in [1.165, 1.54) is 24.7 Å². The third-order valence-electron chi connectivity index (χ3n) is 1.65. The van der Waals surface area contributed by atoms with Crippen LogP contribution in [0.15, 0.2) is 42.9 Å². The van der Waals surface area contributed by atoms with Crippen molar-refractivity contribution in [3.63, 3.8) is 0 Å². The molecule has 0 aliphatic heterocycles. The molecule has 88 valence electrons. The van der Waals surface area contributed by atoms with Crippen molar-refractivity contribution < 1.29 is 9.59 Å². The Labute approximate surface area is 98.4 Å². The van der Waals surface area contributed by atoms with E-state index in [0.717, 1.165) is 0 Å². The van der Waals surface area contributed by atoms with Crippen LogP contribution in [0.5, 0.6) is 0 Å². The number of hydrazine groups is 1. The zero-order valence-corrected chi connectivity index (χ0v) is 9.25. The third kappa shape index (κ3) is 4.70. The van der Waals surface area contributed by atoms with Crippen LogP contribution in [-0.2, 0) is 4.79 Å². The van der Waals surface area contributed by atoms with Gasteiger partial charge in [0.15, 0.2) is 0 Å². The second-order valence-electron chi connectivity index (χ2n) is 2.92. The van der Waals surface area contributed by atoms with E-state index >= 15 is 0 Å². The lowest BCUT2D eigenvalue weighted by molar-refractivity contribution is -0.117. The van der Waals surface area contributed by atoms with E-state index in [2.05, 4.69) is 20.8 Å². The van der Waals surface area contributed by atoms with Crippen LogP contribution >= 0.6 is 0 Å². The van der Waals surface area contributed by atoms with Crippen LogP contribution in [0.1, 0.15) is 17.4 Å². The molecule has 0 saturated heterocycles. The number of carbonyl (C=O) groups is 2. The zero-order valence-electron chi connectivity index (χ0n) is 9.25. The van der Waals surface area contributed by atoms with Crippen molar-refractivity contribution in [1.82, 2.24) is 20.8 Å². The van der Waals surface area contributed by atoms with Crippen molar-refractivity contribution >= 4 is 11.8 Å². The Bertz CT molecular complexity index is 440. The summed E-state index contributed by atoms with van der Waals surface area (Å²) in [4.78, 5) is 30.1. The van der Waals surface area contributed by atoms with E-state index < -0.39 is 11.8 Å². The smallest absolute Gasteiger partial charge is 0.268 e. The van der Waals surface area contributed by atoms with Crippen molar-refractivity contribution in [3.05, 3.63) is 48.6 Å². The summed E-state index contributed by atoms with van der Waals surface area (Å²) in [6, 6.07) is 0. The summed E-state index contributed by atoms with van der Waals surface area (Å²) in [5.41, 5.74) is 4.55. The van der Waals surface area contributed by atoms with Gasteiger partial charge in [-0.2, -0.15) is 0 Å². The van der Waals surface area contributed by atoms with Crippen LogP contribution in [0.3, 0.4) is 0 Å². The molecule has 0 fully saturated rings. The molecule has 6 nitrogen and oxygen atoms in total. The molecule has 1 aromatic rings. The summed E-state index contributed by atoms with van der Waals surface area (Å²) in [6.45, 7) is 1.83. The molecule has 0 aromatic carbocycles. The van der Waals surface area contributed by atoms with Crippen molar-refractivity contribution in [2.45, 2.75) is 6.92 Å². The molecular weight excluding hydrogens is 220 g/mol. The minimum absolute atomic E-state index is 0.130. The molecule has 1 rings (SSSR count). The molecule has 0 radical (unpaired) electrons. The van der Waals surface area contributed by atoms with Crippen LogP contribution in [0.2, 0.25) is 0 Å². The molecule has 0 spiro atoms. The van der Waals surface area contributed by atoms with Gasteiger partial charge in [0.1, 0.15) is 5.69 Å². The van der Waals surface area contributed by atoms with E-state index in [1.807, 2.05) is 6.92 Å². The predicted molar refractivity (Wildman–Crippen MR) is 61.6 cm³/mol. The highest BCUT2D eigenvalue weighted by Crippen LogP contribution is 1.88. The number of hydrogen-bond donors (Lipinski definition) is 2. The topological polar surface area (TPSA) is 84.0 Å². The predicted octanol–water partition coefficient (Wildman–Crippen LogP) is 0.370. The number of carbonyl (C=O) groups excluding carboxylic acids is 2. The van der Waals surface area contributed by atoms with E-state index in [1.54, 1.807) is 18.2 Å². The molecule has 1 aromatic heterocycles. The molecule has 2 N–H and O–H groups in total. The van der Waals surface area contributed by atoms with Gasteiger partial charge in [-0.15, -0.1) is 0 Å². The second-order valence-corrected chi connectivity index (χ2v) is 2.92. The Morgan fingerprint density at radius 1 is 1.24 bits per heavy atom. The normalized spacial score (nSPS) is 10.6. The number of hydrogen-bond acceptors (Lipinski definition) is 4. The molecule has 0 unspecified atom stereocenters. The number of nitrogens with zero attached hydrogens (tertiary/aromatic N) is 2. The first-order valence-electron chi connectivity index (χ1n) is 4.89. The van der Waals surface area contributed by atoms with Crippen molar-refractivity contribution in [3.8, 4) is 0 Å². The fourth-order valence-corrected chi connectivity index (χ4v) is 0.894. The van der Waals surface area contributed by atoms with Gasteiger partial charge in [-0.25, -0.2) is 4.98 Å². The van der Waals surface area contributed by atoms with Crippen molar-refractivity contribution in [2.75, 3.05) is 0 Å². The zero-order chi connectivity index (χ0) is 12.5. The van der Waals surface area contributed by atoms with Crippen molar-refractivity contribution in [1.29, 1.82) is 0 Å². The van der Waals surface area contributed by atoms with Gasteiger partial charge in [0.05, 0.1) is 6.20 Å². The van der Waals surface area contributed by atoms with Crippen LogP contribution in [0.4, 0.5) is 0 Å². The number of rotatable bonds is 3. The maximum Gasteiger partial charge on any atom is 0.289 e. The summed E-state index contributed by atoms with van der Waals surface area (Å²) in [5, 5.41) is 0. The van der Waals surface area contributed by atoms with Crippen LogP contribution < -0.4 is 10.9 Å². The Kier molecular flexibility index (Phi) is 5.09. The fraction of sp³-hybridized carbons (Fsp3) is 0.0909. The Balaban J connectivity index is 2.41. The molecule has 2 amide bonds. The van der Waals surface area contributed by atoms with Crippen molar-refractivity contribution in [2.24, 2.45) is 0 Å². The highest BCUT2D eigenvalue weighted by molar-refractivity contribution is 5.95. The second kappa shape index (κ2) is 6.89. The van der Waals surface area contributed by atoms with Gasteiger partial charge >= 0.3 is 0 Å². The largest absolute Gasteiger partial charge is 0.289 e. The van der Waals surface area contributed by atoms with Gasteiger partial charge in [0, 0.05) is 18.5 Å². The van der Waals surface area contributed by atoms with Gasteiger partial charge in [0.2, 0.25) is 0 Å².